The first-order valence-electron chi connectivity index (χ1n) is 9.70. The first kappa shape index (κ1) is 27.5. The lowest BCUT2D eigenvalue weighted by Crippen LogP contribution is -2.18. The van der Waals surface area contributed by atoms with Crippen molar-refractivity contribution in [2.24, 2.45) is 5.16 Å². The minimum absolute atomic E-state index is 0.0367. The molecular formula is C23H24ClF2INO4P. The fourth-order valence-electron chi connectivity index (χ4n) is 3.32. The summed E-state index contributed by atoms with van der Waals surface area (Å²) in [7, 11) is 5.22. The summed E-state index contributed by atoms with van der Waals surface area (Å²) < 4.78 is 34.4. The van der Waals surface area contributed by atoms with Gasteiger partial charge in [0, 0.05) is 22.6 Å². The van der Waals surface area contributed by atoms with E-state index in [-0.39, 0.29) is 12.2 Å². The van der Waals surface area contributed by atoms with Crippen LogP contribution in [0.5, 0.6) is 0 Å². The fraction of sp³-hybridized carbons (Fsp3) is 0.304. The molecule has 1 atom stereocenters. The maximum atomic E-state index is 13.7. The summed E-state index contributed by atoms with van der Waals surface area (Å²) in [6.45, 7) is 3.59. The Balaban J connectivity index is 2.39. The summed E-state index contributed by atoms with van der Waals surface area (Å²) in [5.41, 5.74) is 3.71. The first-order chi connectivity index (χ1) is 15.5. The van der Waals surface area contributed by atoms with Gasteiger partial charge in [-0.1, -0.05) is 35.0 Å². The molecule has 0 aromatic heterocycles. The Morgan fingerprint density at radius 3 is 2.61 bits per heavy atom. The van der Waals surface area contributed by atoms with E-state index in [1.165, 1.54) is 26.5 Å². The average molecular weight is 610 g/mol. The first-order valence-corrected chi connectivity index (χ1v) is 11.7. The zero-order chi connectivity index (χ0) is 24.8. The minimum Gasteiger partial charge on any atom is -0.503 e. The van der Waals surface area contributed by atoms with Gasteiger partial charge in [0.15, 0.2) is 0 Å². The van der Waals surface area contributed by atoms with Crippen molar-refractivity contribution < 1.29 is 27.9 Å². The van der Waals surface area contributed by atoms with Crippen molar-refractivity contribution in [3.8, 4) is 0 Å². The number of hydrogen-bond donors (Lipinski definition) is 0. The van der Waals surface area contributed by atoms with E-state index >= 15 is 0 Å². The van der Waals surface area contributed by atoms with Gasteiger partial charge in [-0.05, 0) is 70.6 Å². The number of methoxy groups -OCH3 is 2. The number of halogens is 4. The van der Waals surface area contributed by atoms with Gasteiger partial charge in [-0.25, -0.2) is 4.79 Å². The van der Waals surface area contributed by atoms with Gasteiger partial charge >= 0.3 is 9.90 Å². The second kappa shape index (κ2) is 12.1. The van der Waals surface area contributed by atoms with Crippen LogP contribution >= 0.6 is 43.4 Å². The number of rotatable bonds is 9. The van der Waals surface area contributed by atoms with Crippen LogP contribution in [0.3, 0.4) is 0 Å². The van der Waals surface area contributed by atoms with Crippen LogP contribution in [0.2, 0.25) is 5.02 Å². The number of ether oxygens (including phenoxy) is 2. The van der Waals surface area contributed by atoms with Crippen LogP contribution in [0.1, 0.15) is 34.7 Å². The number of esters is 1. The summed E-state index contributed by atoms with van der Waals surface area (Å²) in [5, 5.41) is 5.16. The highest BCUT2D eigenvalue weighted by molar-refractivity contribution is 14.1. The van der Waals surface area contributed by atoms with Crippen LogP contribution < -0.4 is 5.30 Å². The highest BCUT2D eigenvalue weighted by Gasteiger charge is 2.27. The molecule has 0 aliphatic carbocycles. The monoisotopic (exact) mass is 609 g/mol. The summed E-state index contributed by atoms with van der Waals surface area (Å²) in [4.78, 5) is 17.8. The number of hydrogen-bond acceptors (Lipinski definition) is 5. The highest BCUT2D eigenvalue weighted by Crippen LogP contribution is 2.30. The molecule has 0 saturated carbocycles. The molecule has 0 N–H and O–H groups in total. The average Bonchev–Trinajstić information content (AvgIpc) is 2.71. The van der Waals surface area contributed by atoms with E-state index in [4.69, 9.17) is 25.9 Å². The van der Waals surface area contributed by atoms with Crippen LogP contribution in [-0.2, 0) is 32.1 Å². The van der Waals surface area contributed by atoms with Crippen molar-refractivity contribution in [1.82, 2.24) is 0 Å². The van der Waals surface area contributed by atoms with Crippen LogP contribution in [0.15, 0.2) is 41.7 Å². The summed E-state index contributed by atoms with van der Waals surface area (Å²) in [6.07, 6.45) is 0.813. The predicted octanol–water partition coefficient (Wildman–Crippen LogP) is 5.82. The van der Waals surface area contributed by atoms with Gasteiger partial charge in [-0.15, -0.1) is 9.24 Å². The lowest BCUT2D eigenvalue weighted by Gasteiger charge is -2.16. The fourth-order valence-corrected chi connectivity index (χ4v) is 4.66. The van der Waals surface area contributed by atoms with Crippen LogP contribution in [-0.4, -0.2) is 29.8 Å². The van der Waals surface area contributed by atoms with E-state index in [1.807, 2.05) is 13.0 Å². The molecule has 0 radical (unpaired) electrons. The minimum atomic E-state index is -2.94. The van der Waals surface area contributed by atoms with Crippen molar-refractivity contribution in [3.05, 3.63) is 69.4 Å². The molecule has 1 unspecified atom stereocenters. The molecule has 178 valence electrons. The number of benzene rings is 2. The van der Waals surface area contributed by atoms with Crippen molar-refractivity contribution in [3.63, 3.8) is 0 Å². The van der Waals surface area contributed by atoms with Gasteiger partial charge < -0.3 is 14.3 Å². The molecular weight excluding hydrogens is 586 g/mol. The molecule has 0 aliphatic heterocycles. The van der Waals surface area contributed by atoms with Crippen molar-refractivity contribution in [2.75, 3.05) is 14.2 Å². The number of aryl methyl sites for hydroxylation is 1. The maximum Gasteiger partial charge on any atom is 0.341 e. The van der Waals surface area contributed by atoms with Gasteiger partial charge in [-0.2, -0.15) is 8.78 Å². The van der Waals surface area contributed by atoms with Gasteiger partial charge in [0.2, 0.25) is 0 Å². The van der Waals surface area contributed by atoms with E-state index in [1.54, 1.807) is 25.1 Å². The third kappa shape index (κ3) is 7.62. The smallest absolute Gasteiger partial charge is 0.341 e. The van der Waals surface area contributed by atoms with E-state index in [0.717, 1.165) is 28.2 Å². The summed E-state index contributed by atoms with van der Waals surface area (Å²) in [5.74, 6) is -0.554. The second-order valence-electron chi connectivity index (χ2n) is 7.13. The number of carbonyl (C=O) groups excluding carboxylic acids is 1. The Bertz CT molecular complexity index is 1090. The summed E-state index contributed by atoms with van der Waals surface area (Å²) >= 11 is 7.18. The summed E-state index contributed by atoms with van der Waals surface area (Å²) in [6, 6.07) is 8.60. The molecule has 2 rings (SSSR count). The molecule has 2 aromatic rings. The molecule has 10 heteroatoms. The molecule has 0 aliphatic rings. The Kier molecular flexibility index (Phi) is 10.1. The zero-order valence-electron chi connectivity index (χ0n) is 18.5. The molecule has 33 heavy (non-hydrogen) atoms. The number of oxime groups is 1. The van der Waals surface area contributed by atoms with E-state index in [0.29, 0.717) is 38.3 Å². The molecule has 0 fully saturated rings. The lowest BCUT2D eigenvalue weighted by atomic mass is 9.97. The maximum absolute atomic E-state index is 13.7. The highest BCUT2D eigenvalue weighted by atomic mass is 127. The Morgan fingerprint density at radius 1 is 1.30 bits per heavy atom. The standard InChI is InChI=1S/C23H24ClF2INO4P/c1-13-6-5-7-17(19(11-30-3)22(29)31-4)18(13)12-32-28-14(2)21-15(10-23(25,26)27)8-16(24)9-20(21)33/h5-9,11H,10,12,33H2,1-4H3/b19-11+,28-14+. The zero-order valence-corrected chi connectivity index (χ0v) is 22.6. The van der Waals surface area contributed by atoms with Crippen LogP contribution in [0, 0.1) is 6.92 Å². The Labute approximate surface area is 212 Å². The third-order valence-corrected chi connectivity index (χ3v) is 5.77. The number of carbonyl (C=O) groups is 1. The quantitative estimate of drug-likeness (QED) is 0.0526. The van der Waals surface area contributed by atoms with E-state index in [2.05, 4.69) is 14.4 Å². The van der Waals surface area contributed by atoms with Crippen molar-refractivity contribution in [1.29, 1.82) is 0 Å². The normalized spacial score (nSPS) is 12.5. The molecule has 0 amide bonds. The van der Waals surface area contributed by atoms with E-state index in [9.17, 15) is 13.6 Å². The van der Waals surface area contributed by atoms with Gasteiger partial charge in [0.05, 0.1) is 26.2 Å². The molecule has 0 saturated heterocycles. The molecule has 5 nitrogen and oxygen atoms in total. The third-order valence-electron chi connectivity index (χ3n) is 4.72. The topological polar surface area (TPSA) is 57.1 Å². The lowest BCUT2D eigenvalue weighted by molar-refractivity contribution is -0.133. The number of alkyl halides is 3. The molecule has 0 bridgehead atoms. The van der Waals surface area contributed by atoms with Crippen molar-refractivity contribution in [2.45, 2.75) is 30.8 Å². The predicted molar refractivity (Wildman–Crippen MR) is 139 cm³/mol. The van der Waals surface area contributed by atoms with E-state index < -0.39 is 16.3 Å². The SMILES string of the molecule is CO/C=C(/C(=O)OC)c1cccc(C)c1CO/N=C(\C)c1c(P)cc(Cl)cc1CC(F)(F)I. The second-order valence-corrected chi connectivity index (χ2v) is 9.77. The molecule has 0 heterocycles. The van der Waals surface area contributed by atoms with Crippen LogP contribution in [0.4, 0.5) is 8.78 Å². The van der Waals surface area contributed by atoms with Gasteiger partial charge in [0.1, 0.15) is 12.2 Å². The largest absolute Gasteiger partial charge is 0.503 e. The Morgan fingerprint density at radius 2 is 2.00 bits per heavy atom. The van der Waals surface area contributed by atoms with Gasteiger partial charge in [0.25, 0.3) is 0 Å². The molecule has 2 aromatic carbocycles. The van der Waals surface area contributed by atoms with Crippen LogP contribution in [0.25, 0.3) is 5.57 Å². The number of nitrogens with zero attached hydrogens (tertiary/aromatic N) is 1. The van der Waals surface area contributed by atoms with Crippen molar-refractivity contribution >= 4 is 66.0 Å². The molecule has 0 spiro atoms. The Hall–Kier alpha value is -1.77. The van der Waals surface area contributed by atoms with Gasteiger partial charge in [-0.3, -0.25) is 0 Å².